The number of rotatable bonds is 6. The van der Waals surface area contributed by atoms with E-state index in [9.17, 15) is 0 Å². The molecule has 1 saturated heterocycles. The fourth-order valence-corrected chi connectivity index (χ4v) is 3.78. The largest absolute Gasteiger partial charge is 0.315 e. The van der Waals surface area contributed by atoms with Crippen LogP contribution in [0.2, 0.25) is 0 Å². The van der Waals surface area contributed by atoms with Gasteiger partial charge < -0.3 is 5.32 Å². The zero-order valence-corrected chi connectivity index (χ0v) is 13.2. The van der Waals surface area contributed by atoms with Crippen LogP contribution in [0.1, 0.15) is 46.5 Å². The van der Waals surface area contributed by atoms with E-state index in [0.717, 1.165) is 25.0 Å². The van der Waals surface area contributed by atoms with Crippen molar-refractivity contribution in [2.45, 2.75) is 58.5 Å². The Morgan fingerprint density at radius 2 is 1.68 bits per heavy atom. The third-order valence-corrected chi connectivity index (χ3v) is 5.03. The van der Waals surface area contributed by atoms with Gasteiger partial charge in [-0.1, -0.05) is 33.6 Å². The normalized spacial score (nSPS) is 25.3. The van der Waals surface area contributed by atoms with Gasteiger partial charge in [0.2, 0.25) is 0 Å². The number of hydrogen-bond donors (Lipinski definition) is 1. The van der Waals surface area contributed by atoms with E-state index in [4.69, 9.17) is 0 Å². The van der Waals surface area contributed by atoms with Crippen LogP contribution in [-0.4, -0.2) is 61.2 Å². The van der Waals surface area contributed by atoms with Crippen LogP contribution in [0.3, 0.4) is 0 Å². The lowest BCUT2D eigenvalue weighted by Crippen LogP contribution is -2.56. The zero-order chi connectivity index (χ0) is 13.7. The molecule has 1 unspecified atom stereocenters. The van der Waals surface area contributed by atoms with Crippen molar-refractivity contribution >= 4 is 0 Å². The number of nitrogens with zero attached hydrogens (tertiary/aromatic N) is 2. The van der Waals surface area contributed by atoms with Crippen LogP contribution >= 0.6 is 0 Å². The van der Waals surface area contributed by atoms with Crippen molar-refractivity contribution in [3.8, 4) is 0 Å². The number of likely N-dealkylation sites (N-methyl/N-ethyl adjacent to an activating group) is 1. The molecule has 3 heteroatoms. The highest BCUT2D eigenvalue weighted by Gasteiger charge is 2.29. The molecule has 1 saturated carbocycles. The third-order valence-electron chi connectivity index (χ3n) is 5.03. The smallest absolute Gasteiger partial charge is 0.0244 e. The van der Waals surface area contributed by atoms with E-state index in [1.165, 1.54) is 51.9 Å². The fraction of sp³-hybridized carbons (Fsp3) is 1.00. The molecule has 1 atom stereocenters. The quantitative estimate of drug-likeness (QED) is 0.796. The summed E-state index contributed by atoms with van der Waals surface area (Å²) in [5.41, 5.74) is 0. The molecule has 2 fully saturated rings. The van der Waals surface area contributed by atoms with Crippen LogP contribution in [0.15, 0.2) is 0 Å². The molecule has 1 aliphatic carbocycles. The van der Waals surface area contributed by atoms with E-state index >= 15 is 0 Å². The molecule has 1 aliphatic heterocycles. The Balaban J connectivity index is 1.79. The summed E-state index contributed by atoms with van der Waals surface area (Å²) in [5, 5.41) is 3.54. The molecular formula is C16H33N3. The number of hydrogen-bond acceptors (Lipinski definition) is 3. The van der Waals surface area contributed by atoms with Crippen LogP contribution in [0, 0.1) is 5.92 Å². The molecule has 3 nitrogen and oxygen atoms in total. The van der Waals surface area contributed by atoms with Crippen LogP contribution in [0.4, 0.5) is 0 Å². The lowest BCUT2D eigenvalue weighted by molar-refractivity contribution is 0.0554. The molecule has 0 aromatic rings. The Bertz CT molecular complexity index is 240. The molecule has 1 heterocycles. The first-order valence-electron chi connectivity index (χ1n) is 8.41. The second kappa shape index (κ2) is 7.61. The topological polar surface area (TPSA) is 18.5 Å². The molecule has 0 aromatic carbocycles. The first kappa shape index (κ1) is 15.3. The van der Waals surface area contributed by atoms with Gasteiger partial charge in [-0.2, -0.15) is 0 Å². The molecule has 2 rings (SSSR count). The summed E-state index contributed by atoms with van der Waals surface area (Å²) in [6, 6.07) is 1.62. The highest BCUT2D eigenvalue weighted by molar-refractivity contribution is 4.86. The Labute approximate surface area is 119 Å². The molecule has 0 spiro atoms. The van der Waals surface area contributed by atoms with E-state index < -0.39 is 0 Å². The van der Waals surface area contributed by atoms with Gasteiger partial charge in [0.15, 0.2) is 0 Å². The molecule has 0 amide bonds. The Hall–Kier alpha value is -0.120. The standard InChI is InChI=1S/C16H33N3/c1-4-17-13-16(14(2)3)19-11-9-18(10-12-19)15-7-5-6-8-15/h14-17H,4-13H2,1-3H3. The van der Waals surface area contributed by atoms with E-state index in [1.807, 2.05) is 0 Å². The van der Waals surface area contributed by atoms with Crippen molar-refractivity contribution in [3.05, 3.63) is 0 Å². The maximum absolute atomic E-state index is 3.54. The van der Waals surface area contributed by atoms with Crippen LogP contribution in [0.25, 0.3) is 0 Å². The van der Waals surface area contributed by atoms with Crippen molar-refractivity contribution in [1.82, 2.24) is 15.1 Å². The SMILES string of the molecule is CCNCC(C(C)C)N1CCN(C2CCCC2)CC1. The van der Waals surface area contributed by atoms with Crippen LogP contribution < -0.4 is 5.32 Å². The number of piperazine rings is 1. The van der Waals surface area contributed by atoms with Gasteiger partial charge >= 0.3 is 0 Å². The summed E-state index contributed by atoms with van der Waals surface area (Å²) < 4.78 is 0. The van der Waals surface area contributed by atoms with E-state index in [-0.39, 0.29) is 0 Å². The van der Waals surface area contributed by atoms with Crippen LogP contribution in [0.5, 0.6) is 0 Å². The van der Waals surface area contributed by atoms with Crippen molar-refractivity contribution in [2.24, 2.45) is 5.92 Å². The summed E-state index contributed by atoms with van der Waals surface area (Å²) >= 11 is 0. The van der Waals surface area contributed by atoms with Gasteiger partial charge in [-0.25, -0.2) is 0 Å². The lowest BCUT2D eigenvalue weighted by atomic mass is 10.0. The van der Waals surface area contributed by atoms with Crippen LogP contribution in [-0.2, 0) is 0 Å². The predicted octanol–water partition coefficient (Wildman–Crippen LogP) is 2.18. The molecule has 0 aromatic heterocycles. The monoisotopic (exact) mass is 267 g/mol. The van der Waals surface area contributed by atoms with Gasteiger partial charge in [0.1, 0.15) is 0 Å². The molecule has 2 aliphatic rings. The lowest BCUT2D eigenvalue weighted by Gasteiger charge is -2.43. The minimum absolute atomic E-state index is 0.714. The third kappa shape index (κ3) is 4.17. The maximum Gasteiger partial charge on any atom is 0.0244 e. The summed E-state index contributed by atoms with van der Waals surface area (Å²) in [6.45, 7) is 14.3. The Morgan fingerprint density at radius 3 is 2.21 bits per heavy atom. The highest BCUT2D eigenvalue weighted by Crippen LogP contribution is 2.25. The van der Waals surface area contributed by atoms with E-state index in [0.29, 0.717) is 6.04 Å². The average molecular weight is 267 g/mol. The molecular weight excluding hydrogens is 234 g/mol. The van der Waals surface area contributed by atoms with Gasteiger partial charge in [0.25, 0.3) is 0 Å². The molecule has 112 valence electrons. The summed E-state index contributed by atoms with van der Waals surface area (Å²) in [5.74, 6) is 0.747. The first-order valence-corrected chi connectivity index (χ1v) is 8.41. The molecule has 0 bridgehead atoms. The van der Waals surface area contributed by atoms with Crippen molar-refractivity contribution < 1.29 is 0 Å². The fourth-order valence-electron chi connectivity index (χ4n) is 3.78. The Morgan fingerprint density at radius 1 is 1.05 bits per heavy atom. The Kier molecular flexibility index (Phi) is 6.11. The zero-order valence-electron chi connectivity index (χ0n) is 13.2. The summed E-state index contributed by atoms with van der Waals surface area (Å²) in [4.78, 5) is 5.48. The minimum Gasteiger partial charge on any atom is -0.315 e. The van der Waals surface area contributed by atoms with Gasteiger partial charge in [-0.15, -0.1) is 0 Å². The maximum atomic E-state index is 3.54. The van der Waals surface area contributed by atoms with Crippen molar-refractivity contribution in [2.75, 3.05) is 39.3 Å². The van der Waals surface area contributed by atoms with E-state index in [1.54, 1.807) is 0 Å². The van der Waals surface area contributed by atoms with Gasteiger partial charge in [-0.3, -0.25) is 9.80 Å². The highest BCUT2D eigenvalue weighted by atomic mass is 15.3. The second-order valence-electron chi connectivity index (χ2n) is 6.63. The first-order chi connectivity index (χ1) is 9.22. The predicted molar refractivity (Wildman–Crippen MR) is 82.6 cm³/mol. The molecule has 0 radical (unpaired) electrons. The number of nitrogens with one attached hydrogen (secondary N) is 1. The molecule has 1 N–H and O–H groups in total. The van der Waals surface area contributed by atoms with Gasteiger partial charge in [-0.05, 0) is 25.3 Å². The summed E-state index contributed by atoms with van der Waals surface area (Å²) in [6.07, 6.45) is 5.82. The van der Waals surface area contributed by atoms with Gasteiger partial charge in [0.05, 0.1) is 0 Å². The van der Waals surface area contributed by atoms with Gasteiger partial charge in [0, 0.05) is 44.8 Å². The van der Waals surface area contributed by atoms with Crippen molar-refractivity contribution in [3.63, 3.8) is 0 Å². The average Bonchev–Trinajstić information content (AvgIpc) is 2.93. The van der Waals surface area contributed by atoms with Crippen molar-refractivity contribution in [1.29, 1.82) is 0 Å². The van der Waals surface area contributed by atoms with E-state index in [2.05, 4.69) is 35.9 Å². The summed E-state index contributed by atoms with van der Waals surface area (Å²) in [7, 11) is 0. The minimum atomic E-state index is 0.714. The molecule has 19 heavy (non-hydrogen) atoms. The second-order valence-corrected chi connectivity index (χ2v) is 6.63.